The van der Waals surface area contributed by atoms with Crippen molar-refractivity contribution in [3.8, 4) is 11.4 Å². The zero-order chi connectivity index (χ0) is 12.4. The summed E-state index contributed by atoms with van der Waals surface area (Å²) in [5.41, 5.74) is 4.17. The van der Waals surface area contributed by atoms with Gasteiger partial charge in [-0.15, -0.1) is 0 Å². The van der Waals surface area contributed by atoms with E-state index in [4.69, 9.17) is 16.7 Å². The number of aryl methyl sites for hydroxylation is 2. The van der Waals surface area contributed by atoms with Crippen molar-refractivity contribution in [1.29, 1.82) is 0 Å². The Hall–Kier alpha value is -1.32. The number of hydrogen-bond acceptors (Lipinski definition) is 2. The van der Waals surface area contributed by atoms with Crippen LogP contribution in [-0.2, 0) is 6.42 Å². The average molecular weight is 251 g/mol. The Balaban J connectivity index is 2.45. The summed E-state index contributed by atoms with van der Waals surface area (Å²) in [6.07, 6.45) is 0.497. The number of aromatic amines is 1. The SMILES string of the molecule is Cc1ccc(C)c(-c2nc(Cl)c(CCO)[nH]2)c1. The summed E-state index contributed by atoms with van der Waals surface area (Å²) in [4.78, 5) is 7.46. The van der Waals surface area contributed by atoms with Crippen molar-refractivity contribution in [3.05, 3.63) is 40.2 Å². The smallest absolute Gasteiger partial charge is 0.150 e. The van der Waals surface area contributed by atoms with E-state index in [0.29, 0.717) is 11.6 Å². The molecule has 1 aromatic carbocycles. The monoisotopic (exact) mass is 250 g/mol. The summed E-state index contributed by atoms with van der Waals surface area (Å²) in [7, 11) is 0. The van der Waals surface area contributed by atoms with Crippen molar-refractivity contribution in [2.75, 3.05) is 6.61 Å². The van der Waals surface area contributed by atoms with E-state index in [0.717, 1.165) is 22.6 Å². The number of aliphatic hydroxyl groups is 1. The van der Waals surface area contributed by atoms with Gasteiger partial charge in [0.2, 0.25) is 0 Å². The molecule has 2 rings (SSSR count). The summed E-state index contributed by atoms with van der Waals surface area (Å²) in [5, 5.41) is 9.36. The molecule has 0 saturated heterocycles. The van der Waals surface area contributed by atoms with E-state index < -0.39 is 0 Å². The lowest BCUT2D eigenvalue weighted by atomic mass is 10.1. The molecule has 0 bridgehead atoms. The second-order valence-electron chi connectivity index (χ2n) is 4.15. The van der Waals surface area contributed by atoms with Gasteiger partial charge >= 0.3 is 0 Å². The van der Waals surface area contributed by atoms with Crippen LogP contribution in [0.2, 0.25) is 5.15 Å². The van der Waals surface area contributed by atoms with Crippen molar-refractivity contribution in [3.63, 3.8) is 0 Å². The molecule has 1 heterocycles. The number of aliphatic hydroxyl groups excluding tert-OH is 1. The number of aromatic nitrogens is 2. The van der Waals surface area contributed by atoms with Gasteiger partial charge in [-0.05, 0) is 25.5 Å². The minimum Gasteiger partial charge on any atom is -0.396 e. The molecule has 0 saturated carbocycles. The van der Waals surface area contributed by atoms with Crippen LogP contribution in [0.25, 0.3) is 11.4 Å². The van der Waals surface area contributed by atoms with Gasteiger partial charge in [0.05, 0.1) is 5.69 Å². The third kappa shape index (κ3) is 2.51. The van der Waals surface area contributed by atoms with Gasteiger partial charge in [0.15, 0.2) is 5.15 Å². The molecule has 0 unspecified atom stereocenters. The fraction of sp³-hybridized carbons (Fsp3) is 0.308. The van der Waals surface area contributed by atoms with Crippen molar-refractivity contribution >= 4 is 11.6 Å². The van der Waals surface area contributed by atoms with Gasteiger partial charge in [0, 0.05) is 18.6 Å². The fourth-order valence-corrected chi connectivity index (χ4v) is 2.01. The molecule has 1 aromatic heterocycles. The molecule has 4 heteroatoms. The Kier molecular flexibility index (Phi) is 3.50. The number of imidazole rings is 1. The zero-order valence-corrected chi connectivity index (χ0v) is 10.7. The van der Waals surface area contributed by atoms with Gasteiger partial charge in [-0.25, -0.2) is 4.98 Å². The summed E-state index contributed by atoms with van der Waals surface area (Å²) in [5.74, 6) is 0.764. The van der Waals surface area contributed by atoms with E-state index in [1.54, 1.807) is 0 Å². The van der Waals surface area contributed by atoms with Gasteiger partial charge in [-0.3, -0.25) is 0 Å². The van der Waals surface area contributed by atoms with Crippen LogP contribution in [0.4, 0.5) is 0 Å². The molecule has 0 spiro atoms. The van der Waals surface area contributed by atoms with Gasteiger partial charge in [-0.2, -0.15) is 0 Å². The zero-order valence-electron chi connectivity index (χ0n) is 9.92. The van der Waals surface area contributed by atoms with Crippen molar-refractivity contribution < 1.29 is 5.11 Å². The number of rotatable bonds is 3. The lowest BCUT2D eigenvalue weighted by Crippen LogP contribution is -1.92. The molecule has 2 N–H and O–H groups in total. The first-order valence-electron chi connectivity index (χ1n) is 5.54. The van der Waals surface area contributed by atoms with Crippen LogP contribution in [0.5, 0.6) is 0 Å². The lowest BCUT2D eigenvalue weighted by molar-refractivity contribution is 0.298. The van der Waals surface area contributed by atoms with Gasteiger partial charge in [0.1, 0.15) is 5.82 Å². The first kappa shape index (κ1) is 12.1. The molecule has 17 heavy (non-hydrogen) atoms. The maximum Gasteiger partial charge on any atom is 0.150 e. The predicted molar refractivity (Wildman–Crippen MR) is 69.3 cm³/mol. The summed E-state index contributed by atoms with van der Waals surface area (Å²) in [6.45, 7) is 4.15. The molecule has 0 fully saturated rings. The van der Waals surface area contributed by atoms with Crippen LogP contribution < -0.4 is 0 Å². The summed E-state index contributed by atoms with van der Waals surface area (Å²) < 4.78 is 0. The molecular weight excluding hydrogens is 236 g/mol. The van der Waals surface area contributed by atoms with Crippen molar-refractivity contribution in [2.24, 2.45) is 0 Å². The molecular formula is C13H15ClN2O. The number of benzene rings is 1. The highest BCUT2D eigenvalue weighted by Gasteiger charge is 2.11. The largest absolute Gasteiger partial charge is 0.396 e. The highest BCUT2D eigenvalue weighted by atomic mass is 35.5. The quantitative estimate of drug-likeness (QED) is 0.880. The fourth-order valence-electron chi connectivity index (χ4n) is 1.78. The van der Waals surface area contributed by atoms with Crippen LogP contribution in [-0.4, -0.2) is 21.7 Å². The lowest BCUT2D eigenvalue weighted by Gasteiger charge is -2.03. The van der Waals surface area contributed by atoms with Crippen LogP contribution >= 0.6 is 11.6 Å². The van der Waals surface area contributed by atoms with E-state index in [-0.39, 0.29) is 6.61 Å². The molecule has 0 amide bonds. The number of hydrogen-bond donors (Lipinski definition) is 2. The van der Waals surface area contributed by atoms with E-state index in [2.05, 4.69) is 28.2 Å². The normalized spacial score (nSPS) is 10.8. The third-order valence-electron chi connectivity index (χ3n) is 2.74. The van der Waals surface area contributed by atoms with Crippen LogP contribution in [0.1, 0.15) is 16.8 Å². The van der Waals surface area contributed by atoms with Crippen molar-refractivity contribution in [2.45, 2.75) is 20.3 Å². The highest BCUT2D eigenvalue weighted by molar-refractivity contribution is 6.30. The minimum absolute atomic E-state index is 0.0636. The maximum absolute atomic E-state index is 8.92. The predicted octanol–water partition coefficient (Wildman–Crippen LogP) is 2.88. The summed E-state index contributed by atoms with van der Waals surface area (Å²) in [6, 6.07) is 6.21. The number of nitrogens with zero attached hydrogens (tertiary/aromatic N) is 1. The Morgan fingerprint density at radius 3 is 2.82 bits per heavy atom. The highest BCUT2D eigenvalue weighted by Crippen LogP contribution is 2.25. The Morgan fingerprint density at radius 2 is 2.12 bits per heavy atom. The topological polar surface area (TPSA) is 48.9 Å². The first-order chi connectivity index (χ1) is 8.11. The molecule has 3 nitrogen and oxygen atoms in total. The summed E-state index contributed by atoms with van der Waals surface area (Å²) >= 11 is 6.01. The van der Waals surface area contributed by atoms with Crippen LogP contribution in [0.3, 0.4) is 0 Å². The van der Waals surface area contributed by atoms with Crippen LogP contribution in [0.15, 0.2) is 18.2 Å². The Morgan fingerprint density at radius 1 is 1.35 bits per heavy atom. The average Bonchev–Trinajstić information content (AvgIpc) is 2.64. The third-order valence-corrected chi connectivity index (χ3v) is 3.05. The van der Waals surface area contributed by atoms with Crippen molar-refractivity contribution in [1.82, 2.24) is 9.97 Å². The van der Waals surface area contributed by atoms with E-state index >= 15 is 0 Å². The minimum atomic E-state index is 0.0636. The maximum atomic E-state index is 8.92. The molecule has 0 aliphatic carbocycles. The second-order valence-corrected chi connectivity index (χ2v) is 4.50. The van der Waals surface area contributed by atoms with E-state index in [1.165, 1.54) is 5.56 Å². The van der Waals surface area contributed by atoms with E-state index in [1.807, 2.05) is 13.8 Å². The van der Waals surface area contributed by atoms with Gasteiger partial charge in [-0.1, -0.05) is 29.3 Å². The molecule has 0 aliphatic rings. The van der Waals surface area contributed by atoms with E-state index in [9.17, 15) is 0 Å². The number of nitrogens with one attached hydrogen (secondary N) is 1. The molecule has 2 aromatic rings. The van der Waals surface area contributed by atoms with Gasteiger partial charge < -0.3 is 10.1 Å². The Bertz CT molecular complexity index is 534. The number of halogens is 1. The van der Waals surface area contributed by atoms with Crippen LogP contribution in [0, 0.1) is 13.8 Å². The first-order valence-corrected chi connectivity index (χ1v) is 5.92. The molecule has 0 atom stereocenters. The van der Waals surface area contributed by atoms with Gasteiger partial charge in [0.25, 0.3) is 0 Å². The molecule has 0 radical (unpaired) electrons. The second kappa shape index (κ2) is 4.90. The molecule has 0 aliphatic heterocycles. The molecule has 90 valence electrons. The Labute approximate surface area is 105 Å². The number of H-pyrrole nitrogens is 1. The standard InChI is InChI=1S/C13H15ClN2O/c1-8-3-4-9(2)10(7-8)13-15-11(5-6-17)12(14)16-13/h3-4,7,17H,5-6H2,1-2H3,(H,15,16).